The van der Waals surface area contributed by atoms with Gasteiger partial charge in [0.2, 0.25) is 0 Å². The van der Waals surface area contributed by atoms with Gasteiger partial charge in [0.15, 0.2) is 5.65 Å². The van der Waals surface area contributed by atoms with Crippen LogP contribution in [0.2, 0.25) is 0 Å². The van der Waals surface area contributed by atoms with Crippen LogP contribution in [0.4, 0.5) is 0 Å². The molecule has 10 aromatic rings. The third kappa shape index (κ3) is 3.21. The molecular formula is C39H22N2OS. The van der Waals surface area contributed by atoms with Gasteiger partial charge >= 0.3 is 0 Å². The number of nitrogens with zero attached hydrogens (tertiary/aromatic N) is 2. The number of aromatic nitrogens is 2. The number of imidazole rings is 1. The third-order valence-electron chi connectivity index (χ3n) is 8.80. The fourth-order valence-electron chi connectivity index (χ4n) is 6.78. The summed E-state index contributed by atoms with van der Waals surface area (Å²) in [6.45, 7) is 0. The van der Waals surface area contributed by atoms with Crippen molar-refractivity contribution in [2.75, 3.05) is 0 Å². The minimum absolute atomic E-state index is 0.917. The fourth-order valence-corrected chi connectivity index (χ4v) is 8.08. The lowest BCUT2D eigenvalue weighted by atomic mass is 9.99. The van der Waals surface area contributed by atoms with Crippen molar-refractivity contribution in [1.29, 1.82) is 0 Å². The van der Waals surface area contributed by atoms with Gasteiger partial charge in [-0.2, -0.15) is 0 Å². The monoisotopic (exact) mass is 566 g/mol. The number of rotatable bonds is 2. The van der Waals surface area contributed by atoms with E-state index in [0.29, 0.717) is 0 Å². The summed E-state index contributed by atoms with van der Waals surface area (Å²) in [4.78, 5) is 5.19. The minimum Gasteiger partial charge on any atom is -0.455 e. The Morgan fingerprint density at radius 3 is 2.26 bits per heavy atom. The Morgan fingerprint density at radius 1 is 0.558 bits per heavy atom. The van der Waals surface area contributed by atoms with Crippen molar-refractivity contribution >= 4 is 80.9 Å². The number of fused-ring (bicyclic) bond motifs is 12. The Balaban J connectivity index is 1.23. The first kappa shape index (κ1) is 23.1. The summed E-state index contributed by atoms with van der Waals surface area (Å²) >= 11 is 1.85. The Hall–Kier alpha value is -5.45. The maximum absolute atomic E-state index is 6.35. The van der Waals surface area contributed by atoms with Crippen molar-refractivity contribution in [3.8, 4) is 22.4 Å². The topological polar surface area (TPSA) is 30.4 Å². The van der Waals surface area contributed by atoms with Crippen molar-refractivity contribution in [3.63, 3.8) is 0 Å². The van der Waals surface area contributed by atoms with E-state index in [2.05, 4.69) is 126 Å². The van der Waals surface area contributed by atoms with Gasteiger partial charge in [-0.3, -0.25) is 4.40 Å². The molecule has 3 nitrogen and oxygen atoms in total. The van der Waals surface area contributed by atoms with Gasteiger partial charge in [-0.15, -0.1) is 11.3 Å². The first-order valence-corrected chi connectivity index (χ1v) is 15.3. The molecule has 0 aliphatic rings. The third-order valence-corrected chi connectivity index (χ3v) is 10.1. The highest BCUT2D eigenvalue weighted by atomic mass is 32.1. The molecule has 0 atom stereocenters. The van der Waals surface area contributed by atoms with E-state index in [1.165, 1.54) is 30.9 Å². The maximum atomic E-state index is 6.35. The standard InChI is InChI=1S/C39H22N2OS/c1-2-9-27-23(8-1)20-21-30-31-22-34(41-33-14-5-4-13-32(33)40-39(41)38(31)43-37(27)30)25-18-16-24(17-19-25)26-11-7-12-29-28-10-3-6-15-35(28)42-36(26)29/h1-22H. The normalized spacial score (nSPS) is 12.2. The summed E-state index contributed by atoms with van der Waals surface area (Å²) in [5.41, 5.74) is 9.50. The van der Waals surface area contributed by atoms with Gasteiger partial charge < -0.3 is 4.42 Å². The van der Waals surface area contributed by atoms with Gasteiger partial charge in [0, 0.05) is 31.8 Å². The smallest absolute Gasteiger partial charge is 0.156 e. The van der Waals surface area contributed by atoms with Crippen LogP contribution >= 0.6 is 11.3 Å². The number of hydrogen-bond donors (Lipinski definition) is 0. The zero-order valence-corrected chi connectivity index (χ0v) is 23.7. The highest BCUT2D eigenvalue weighted by Crippen LogP contribution is 2.43. The molecule has 0 unspecified atom stereocenters. The van der Waals surface area contributed by atoms with Gasteiger partial charge in [-0.1, -0.05) is 109 Å². The minimum atomic E-state index is 0.917. The average molecular weight is 567 g/mol. The first-order valence-electron chi connectivity index (χ1n) is 14.5. The summed E-state index contributed by atoms with van der Waals surface area (Å²) in [6, 6.07) is 47.5. The number of furan rings is 1. The van der Waals surface area contributed by atoms with Gasteiger partial charge in [0.05, 0.1) is 21.4 Å². The number of para-hydroxylation sites is 4. The van der Waals surface area contributed by atoms with E-state index in [0.717, 1.165) is 61.0 Å². The highest BCUT2D eigenvalue weighted by Gasteiger charge is 2.19. The molecule has 0 radical (unpaired) electrons. The van der Waals surface area contributed by atoms with Gasteiger partial charge in [0.1, 0.15) is 11.2 Å². The summed E-state index contributed by atoms with van der Waals surface area (Å²) in [5, 5.41) is 7.38. The quantitative estimate of drug-likeness (QED) is 0.208. The predicted molar refractivity (Wildman–Crippen MR) is 181 cm³/mol. The van der Waals surface area contributed by atoms with Gasteiger partial charge in [-0.05, 0) is 46.2 Å². The van der Waals surface area contributed by atoms with E-state index in [9.17, 15) is 0 Å². The molecule has 4 aromatic heterocycles. The number of benzene rings is 6. The first-order chi connectivity index (χ1) is 21.3. The zero-order chi connectivity index (χ0) is 28.1. The van der Waals surface area contributed by atoms with Crippen LogP contribution in [-0.2, 0) is 0 Å². The van der Waals surface area contributed by atoms with Crippen LogP contribution in [0.3, 0.4) is 0 Å². The molecule has 0 aliphatic heterocycles. The molecule has 200 valence electrons. The Bertz CT molecular complexity index is 2730. The van der Waals surface area contributed by atoms with Crippen molar-refractivity contribution in [2.45, 2.75) is 0 Å². The molecule has 0 N–H and O–H groups in total. The molecule has 0 aliphatic carbocycles. The SMILES string of the molecule is c1ccc2c(c1)ccc1c3cc(-c4ccc(-c5cccc6c5oc5ccccc56)cc4)n4c5ccccc5nc4c3sc21. The Kier molecular flexibility index (Phi) is 4.60. The zero-order valence-electron chi connectivity index (χ0n) is 22.9. The Morgan fingerprint density at radius 2 is 1.33 bits per heavy atom. The summed E-state index contributed by atoms with van der Waals surface area (Å²) in [6.07, 6.45) is 0. The molecule has 0 saturated heterocycles. The van der Waals surface area contributed by atoms with Crippen LogP contribution in [0.25, 0.3) is 91.9 Å². The second-order valence-corrected chi connectivity index (χ2v) is 12.2. The molecular weight excluding hydrogens is 545 g/mol. The van der Waals surface area contributed by atoms with E-state index in [-0.39, 0.29) is 0 Å². The second-order valence-electron chi connectivity index (χ2n) is 11.2. The summed E-state index contributed by atoms with van der Waals surface area (Å²) in [7, 11) is 0. The van der Waals surface area contributed by atoms with E-state index in [4.69, 9.17) is 9.40 Å². The lowest BCUT2D eigenvalue weighted by molar-refractivity contribution is 0.670. The van der Waals surface area contributed by atoms with Crippen LogP contribution in [0, 0.1) is 0 Å². The van der Waals surface area contributed by atoms with Gasteiger partial charge in [0.25, 0.3) is 0 Å². The Labute approximate surface area is 249 Å². The maximum Gasteiger partial charge on any atom is 0.156 e. The molecule has 0 spiro atoms. The lowest BCUT2D eigenvalue weighted by Crippen LogP contribution is -1.93. The molecule has 0 fully saturated rings. The number of pyridine rings is 1. The van der Waals surface area contributed by atoms with Crippen LogP contribution < -0.4 is 0 Å². The molecule has 0 amide bonds. The lowest BCUT2D eigenvalue weighted by Gasteiger charge is -2.10. The van der Waals surface area contributed by atoms with Crippen molar-refractivity contribution in [3.05, 3.63) is 133 Å². The molecule has 10 rings (SSSR count). The molecule has 43 heavy (non-hydrogen) atoms. The fraction of sp³-hybridized carbons (Fsp3) is 0. The van der Waals surface area contributed by atoms with Crippen LogP contribution in [0.1, 0.15) is 0 Å². The second kappa shape index (κ2) is 8.54. The van der Waals surface area contributed by atoms with E-state index in [1.807, 2.05) is 23.5 Å². The van der Waals surface area contributed by atoms with E-state index >= 15 is 0 Å². The highest BCUT2D eigenvalue weighted by molar-refractivity contribution is 7.27. The van der Waals surface area contributed by atoms with Crippen molar-refractivity contribution < 1.29 is 4.42 Å². The van der Waals surface area contributed by atoms with Crippen molar-refractivity contribution in [1.82, 2.24) is 9.38 Å². The molecule has 6 aromatic carbocycles. The molecule has 0 bridgehead atoms. The van der Waals surface area contributed by atoms with Gasteiger partial charge in [-0.25, -0.2) is 4.98 Å². The van der Waals surface area contributed by atoms with Crippen LogP contribution in [-0.4, -0.2) is 9.38 Å². The number of thiophene rings is 1. The largest absolute Gasteiger partial charge is 0.455 e. The molecule has 4 heteroatoms. The van der Waals surface area contributed by atoms with Crippen LogP contribution in [0.15, 0.2) is 138 Å². The van der Waals surface area contributed by atoms with E-state index < -0.39 is 0 Å². The summed E-state index contributed by atoms with van der Waals surface area (Å²) < 4.78 is 11.2. The molecule has 0 saturated carbocycles. The molecule has 4 heterocycles. The number of hydrogen-bond acceptors (Lipinski definition) is 3. The van der Waals surface area contributed by atoms with Crippen molar-refractivity contribution in [2.24, 2.45) is 0 Å². The summed E-state index contributed by atoms with van der Waals surface area (Å²) in [5.74, 6) is 0. The predicted octanol–water partition coefficient (Wildman–Crippen LogP) is 11.2. The average Bonchev–Trinajstić information content (AvgIpc) is 3.76. The van der Waals surface area contributed by atoms with Crippen LogP contribution in [0.5, 0.6) is 0 Å². The van der Waals surface area contributed by atoms with E-state index in [1.54, 1.807) is 0 Å².